The number of anilines is 4. The molecule has 0 aliphatic carbocycles. The molecule has 4 aromatic heterocycles. The molecule has 0 amide bonds. The minimum Gasteiger partial charge on any atom is -0.469 e. The molecular formula is C74H94N12O11. The van der Waals surface area contributed by atoms with Crippen molar-refractivity contribution in [1.82, 2.24) is 39.1 Å². The normalized spacial score (nSPS) is 20.2. The molecule has 3 fully saturated rings. The molecule has 0 spiro atoms. The number of aliphatic hydroxyl groups excluding tert-OH is 1. The Balaban J connectivity index is 0.000000196. The number of aldehydes is 1. The van der Waals surface area contributed by atoms with Crippen LogP contribution in [0.4, 0.5) is 23.3 Å². The van der Waals surface area contributed by atoms with Crippen LogP contribution < -0.4 is 20.4 Å². The fourth-order valence-electron chi connectivity index (χ4n) is 12.4. The number of hydrogen-bond donors (Lipinski definition) is 2. The van der Waals surface area contributed by atoms with Gasteiger partial charge in [-0.2, -0.15) is 20.4 Å². The zero-order valence-electron chi connectivity index (χ0n) is 57.5. The van der Waals surface area contributed by atoms with Crippen molar-refractivity contribution in [1.29, 1.82) is 0 Å². The predicted octanol–water partition coefficient (Wildman–Crippen LogP) is 9.46. The minimum atomic E-state index is -1.02. The average Bonchev–Trinajstić information content (AvgIpc) is 1.69. The Morgan fingerprint density at radius 2 is 0.856 bits per heavy atom. The molecule has 4 aromatic carbocycles. The number of hydrogen-bond acceptors (Lipinski definition) is 19. The van der Waals surface area contributed by atoms with E-state index >= 15 is 0 Å². The molecule has 3 saturated heterocycles. The first-order valence-corrected chi connectivity index (χ1v) is 32.6. The number of piperidine rings is 3. The van der Waals surface area contributed by atoms with Gasteiger partial charge in [0.2, 0.25) is 0 Å². The van der Waals surface area contributed by atoms with Gasteiger partial charge in [0.1, 0.15) is 41.8 Å². The van der Waals surface area contributed by atoms with Gasteiger partial charge >= 0.3 is 11.9 Å². The topological polar surface area (TPSA) is 282 Å². The Labute approximate surface area is 568 Å². The van der Waals surface area contributed by atoms with Gasteiger partial charge in [-0.3, -0.25) is 52.3 Å². The number of nitrogens with zero attached hydrogens (tertiary/aromatic N) is 11. The van der Waals surface area contributed by atoms with Crippen LogP contribution in [0.3, 0.4) is 0 Å². The van der Waals surface area contributed by atoms with E-state index in [-0.39, 0.29) is 48.4 Å². The summed E-state index contributed by atoms with van der Waals surface area (Å²) in [5.41, 5.74) is 10.3. The molecule has 11 rings (SSSR count). The van der Waals surface area contributed by atoms with Crippen LogP contribution in [0.5, 0.6) is 0 Å². The molecule has 516 valence electrons. The Kier molecular flexibility index (Phi) is 29.6. The monoisotopic (exact) mass is 1330 g/mol. The van der Waals surface area contributed by atoms with Gasteiger partial charge in [0, 0.05) is 92.1 Å². The largest absolute Gasteiger partial charge is 0.469 e. The summed E-state index contributed by atoms with van der Waals surface area (Å²) in [7, 11) is 2.45. The zero-order valence-corrected chi connectivity index (χ0v) is 57.5. The maximum absolute atomic E-state index is 12.8. The van der Waals surface area contributed by atoms with Gasteiger partial charge in [-0.15, -0.1) is 0 Å². The third-order valence-corrected chi connectivity index (χ3v) is 16.6. The summed E-state index contributed by atoms with van der Waals surface area (Å²) < 4.78 is 16.6. The van der Waals surface area contributed by atoms with Crippen molar-refractivity contribution in [2.45, 2.75) is 169 Å². The molecule has 3 aliphatic heterocycles. The number of ether oxygens (including phenoxy) is 2. The van der Waals surface area contributed by atoms with Gasteiger partial charge in [-0.1, -0.05) is 121 Å². The van der Waals surface area contributed by atoms with Crippen molar-refractivity contribution in [3.05, 3.63) is 193 Å². The van der Waals surface area contributed by atoms with E-state index in [9.17, 15) is 38.7 Å². The van der Waals surface area contributed by atoms with Crippen LogP contribution in [-0.2, 0) is 74.0 Å². The lowest BCUT2D eigenvalue weighted by Gasteiger charge is -2.45. The molecule has 3 N–H and O–H groups in total. The number of carbonyl (C=O) groups excluding carboxylic acids is 8. The SMILES string of the molecule is CC1CC(=O)CC(C)N1c1ccn(Cc2ccccc2)n1.CC1CC(O)CC(C)N1c1ccn(Cc2ccccc2)n1.CC=O.COC(=O)C1C(=O)C(C(C)=O)C(C)N(c2ccn(Cc3ccccc3)n2)C1C.COC(=O)CC(=O)CC(C)=O.Nc1ccn(Cc2ccccc2)n1. The number of esters is 2. The second-order valence-electron chi connectivity index (χ2n) is 24.6. The molecule has 97 heavy (non-hydrogen) atoms. The molecule has 3 aliphatic rings. The lowest BCUT2D eigenvalue weighted by Crippen LogP contribution is -2.61. The number of carbonyl (C=O) groups is 8. The van der Waals surface area contributed by atoms with Crippen LogP contribution in [0.25, 0.3) is 0 Å². The lowest BCUT2D eigenvalue weighted by molar-refractivity contribution is -0.154. The molecule has 23 nitrogen and oxygen atoms in total. The summed E-state index contributed by atoms with van der Waals surface area (Å²) in [5, 5.41) is 28.0. The van der Waals surface area contributed by atoms with Gasteiger partial charge in [0.25, 0.3) is 0 Å². The average molecular weight is 1330 g/mol. The van der Waals surface area contributed by atoms with Crippen LogP contribution in [-0.4, -0.2) is 148 Å². The van der Waals surface area contributed by atoms with Gasteiger partial charge in [-0.05, 0) is 103 Å². The summed E-state index contributed by atoms with van der Waals surface area (Å²) in [5.74, 6) is -0.866. The van der Waals surface area contributed by atoms with Gasteiger partial charge in [0.15, 0.2) is 29.0 Å². The van der Waals surface area contributed by atoms with E-state index in [1.54, 1.807) is 17.7 Å². The molecule has 8 unspecified atom stereocenters. The van der Waals surface area contributed by atoms with E-state index in [4.69, 9.17) is 20.4 Å². The maximum atomic E-state index is 12.8. The second-order valence-corrected chi connectivity index (χ2v) is 24.6. The highest BCUT2D eigenvalue weighted by molar-refractivity contribution is 6.12. The summed E-state index contributed by atoms with van der Waals surface area (Å²) in [4.78, 5) is 95.7. The maximum Gasteiger partial charge on any atom is 0.318 e. The number of nitrogens with two attached hydrogens (primary N) is 1. The predicted molar refractivity (Wildman–Crippen MR) is 373 cm³/mol. The molecule has 23 heteroatoms. The van der Waals surface area contributed by atoms with E-state index in [0.29, 0.717) is 48.9 Å². The number of rotatable bonds is 17. The molecule has 0 bridgehead atoms. The van der Waals surface area contributed by atoms with E-state index in [1.165, 1.54) is 51.7 Å². The number of ketones is 5. The van der Waals surface area contributed by atoms with Gasteiger partial charge < -0.3 is 39.8 Å². The fraction of sp³-hybridized carbons (Fsp3) is 0.405. The minimum absolute atomic E-state index is 0.183. The Morgan fingerprint density at radius 1 is 0.505 bits per heavy atom. The van der Waals surface area contributed by atoms with Crippen LogP contribution in [0, 0.1) is 11.8 Å². The number of aliphatic hydroxyl groups is 1. The second kappa shape index (κ2) is 37.8. The van der Waals surface area contributed by atoms with E-state index in [1.807, 2.05) is 136 Å². The summed E-state index contributed by atoms with van der Waals surface area (Å²) in [6.45, 7) is 19.2. The first kappa shape index (κ1) is 75.9. The molecule has 0 saturated carbocycles. The molecular weight excluding hydrogens is 1230 g/mol. The number of nitrogen functional groups attached to an aromatic ring is 1. The molecule has 8 atom stereocenters. The van der Waals surface area contributed by atoms with E-state index < -0.39 is 41.6 Å². The van der Waals surface area contributed by atoms with E-state index in [2.05, 4.69) is 112 Å². The van der Waals surface area contributed by atoms with Crippen molar-refractivity contribution >= 4 is 70.4 Å². The van der Waals surface area contributed by atoms with Crippen LogP contribution in [0.2, 0.25) is 0 Å². The van der Waals surface area contributed by atoms with Crippen molar-refractivity contribution in [2.24, 2.45) is 11.8 Å². The van der Waals surface area contributed by atoms with Crippen LogP contribution in [0.15, 0.2) is 170 Å². The highest BCUT2D eigenvalue weighted by Crippen LogP contribution is 2.35. The smallest absolute Gasteiger partial charge is 0.318 e. The quantitative estimate of drug-likeness (QED) is 0.0487. The lowest BCUT2D eigenvalue weighted by atomic mass is 9.76. The summed E-state index contributed by atoms with van der Waals surface area (Å²) in [6, 6.07) is 48.8. The highest BCUT2D eigenvalue weighted by Gasteiger charge is 2.51. The van der Waals surface area contributed by atoms with Crippen molar-refractivity contribution in [3.63, 3.8) is 0 Å². The highest BCUT2D eigenvalue weighted by atomic mass is 16.5. The van der Waals surface area contributed by atoms with Crippen molar-refractivity contribution in [3.8, 4) is 0 Å². The molecule has 7 heterocycles. The van der Waals surface area contributed by atoms with Crippen molar-refractivity contribution in [2.75, 3.05) is 34.7 Å². The first-order chi connectivity index (χ1) is 46.4. The Morgan fingerprint density at radius 3 is 1.20 bits per heavy atom. The van der Waals surface area contributed by atoms with Crippen LogP contribution >= 0.6 is 0 Å². The van der Waals surface area contributed by atoms with Gasteiger partial charge in [0.05, 0.1) is 58.8 Å². The molecule has 8 aromatic rings. The van der Waals surface area contributed by atoms with E-state index in [0.717, 1.165) is 56.0 Å². The van der Waals surface area contributed by atoms with Crippen molar-refractivity contribution < 1.29 is 52.9 Å². The number of aromatic nitrogens is 8. The summed E-state index contributed by atoms with van der Waals surface area (Å²) >= 11 is 0. The summed E-state index contributed by atoms with van der Waals surface area (Å²) in [6.07, 6.45) is 10.7. The third kappa shape index (κ3) is 23.0. The number of benzene rings is 4. The number of Topliss-reactive ketones (excluding diaryl/α,β-unsaturated/α-hetero) is 5. The molecule has 0 radical (unpaired) electrons. The van der Waals surface area contributed by atoms with Crippen LogP contribution in [0.1, 0.15) is 123 Å². The zero-order chi connectivity index (χ0) is 70.7. The Bertz CT molecular complexity index is 3750. The number of methoxy groups -OCH3 is 2. The van der Waals surface area contributed by atoms with Gasteiger partial charge in [-0.25, -0.2) is 0 Å². The fourth-order valence-corrected chi connectivity index (χ4v) is 12.4. The first-order valence-electron chi connectivity index (χ1n) is 32.6. The Hall–Kier alpha value is -10.2. The standard InChI is InChI=1S/C21H25N3O4.C17H23N3O.C17H21N3O.C10H11N3.C7H10O4.C2H4O/c1-13-18(15(3)25)20(26)19(21(27)28-4)14(2)24(13)17-10-11-23(22-17)12-16-8-6-5-7-9-16;2*1-13-10-16(21)11-14(2)20(13)17-8-9-19(18-17)12-15-6-4-3-5-7-15;11-10-6-7-13(12-10)8-9-4-2-1-3-5-9;1-5(8)3-6(9)4-7(10)11-2;1-2-3/h5-11,13-14,18-19H,12H2,1-4H3;3-9,13-14,16,21H,10-12H2,1-2H3;3-9,13-14H,10-12H2,1-2H3;1-7H,8H2,(H2,11,12);3-4H2,1-2H3;2H,1H3. The third-order valence-electron chi connectivity index (χ3n) is 16.6.